The Balaban J connectivity index is 1.42. The van der Waals surface area contributed by atoms with E-state index in [1.807, 2.05) is 23.1 Å². The van der Waals surface area contributed by atoms with Crippen LogP contribution >= 0.6 is 0 Å². The smallest absolute Gasteiger partial charge is 0.254 e. The van der Waals surface area contributed by atoms with Crippen LogP contribution in [0, 0.1) is 17.2 Å². The number of nitrogens with one attached hydrogen (secondary N) is 2. The Kier molecular flexibility index (Phi) is 5.71. The van der Waals surface area contributed by atoms with Crippen LogP contribution < -0.4 is 11.1 Å². The second-order valence-corrected chi connectivity index (χ2v) is 7.10. The summed E-state index contributed by atoms with van der Waals surface area (Å²) in [5.74, 6) is 0.835. The molecule has 2 amide bonds. The molecule has 138 valence electrons. The van der Waals surface area contributed by atoms with Gasteiger partial charge in [0.05, 0.1) is 5.57 Å². The molecule has 1 aromatic carbocycles. The summed E-state index contributed by atoms with van der Waals surface area (Å²) in [7, 11) is 0. The highest BCUT2D eigenvalue weighted by Gasteiger charge is 2.46. The quantitative estimate of drug-likeness (QED) is 0.535. The minimum atomic E-state index is -0.315. The van der Waals surface area contributed by atoms with Crippen molar-refractivity contribution in [2.45, 2.75) is 25.2 Å². The van der Waals surface area contributed by atoms with Gasteiger partial charge >= 0.3 is 0 Å². The van der Waals surface area contributed by atoms with Gasteiger partial charge < -0.3 is 21.4 Å². The van der Waals surface area contributed by atoms with Crippen LogP contribution in [-0.4, -0.2) is 42.6 Å². The Morgan fingerprint density at radius 3 is 2.54 bits per heavy atom. The number of rotatable bonds is 6. The molecular weight excluding hydrogens is 328 g/mol. The highest BCUT2D eigenvalue weighted by atomic mass is 16.2. The molecule has 4 N–H and O–H groups in total. The number of carbonyl (C=O) groups is 2. The first-order valence-corrected chi connectivity index (χ1v) is 9.18. The van der Waals surface area contributed by atoms with Gasteiger partial charge in [0.2, 0.25) is 5.91 Å². The largest absolute Gasteiger partial charge is 0.404 e. The van der Waals surface area contributed by atoms with Crippen molar-refractivity contribution in [1.29, 1.82) is 5.41 Å². The van der Waals surface area contributed by atoms with E-state index in [4.69, 9.17) is 11.1 Å². The maximum absolute atomic E-state index is 12.7. The molecule has 1 aliphatic heterocycles. The summed E-state index contributed by atoms with van der Waals surface area (Å²) in [6.07, 6.45) is 4.83. The number of nitrogens with zero attached hydrogens (tertiary/aromatic N) is 1. The lowest BCUT2D eigenvalue weighted by molar-refractivity contribution is -0.134. The van der Waals surface area contributed by atoms with E-state index in [0.29, 0.717) is 18.4 Å². The topological polar surface area (TPSA) is 99.3 Å². The number of carbonyl (C=O) groups excluding carboxylic acids is 2. The summed E-state index contributed by atoms with van der Waals surface area (Å²) in [5.41, 5.74) is 6.74. The highest BCUT2D eigenvalue weighted by molar-refractivity contribution is 6.11. The Morgan fingerprint density at radius 1 is 1.23 bits per heavy atom. The van der Waals surface area contributed by atoms with E-state index in [1.165, 1.54) is 5.56 Å². The third-order valence-corrected chi connectivity index (χ3v) is 5.41. The minimum absolute atomic E-state index is 0.137. The lowest BCUT2D eigenvalue weighted by atomic mass is 9.96. The molecule has 6 nitrogen and oxygen atoms in total. The summed E-state index contributed by atoms with van der Waals surface area (Å²) in [4.78, 5) is 26.5. The molecule has 2 aliphatic rings. The molecule has 6 heteroatoms. The van der Waals surface area contributed by atoms with Crippen molar-refractivity contribution < 1.29 is 9.59 Å². The molecule has 0 radical (unpaired) electrons. The normalized spacial score (nSPS) is 23.4. The van der Waals surface area contributed by atoms with Gasteiger partial charge in [-0.05, 0) is 36.7 Å². The van der Waals surface area contributed by atoms with Crippen LogP contribution in [0.5, 0.6) is 0 Å². The molecular formula is C20H26N4O2. The van der Waals surface area contributed by atoms with Crippen LogP contribution in [0.2, 0.25) is 0 Å². The SMILES string of the molecule is N=C/C(=C\N)C(=O)NCC1CCN(C(=O)C2CC2c2ccccc2)CC1. The third-order valence-electron chi connectivity index (χ3n) is 5.41. The lowest BCUT2D eigenvalue weighted by Gasteiger charge is -2.32. The number of nitrogens with two attached hydrogens (primary N) is 1. The Bertz CT molecular complexity index is 693. The van der Waals surface area contributed by atoms with Gasteiger partial charge in [-0.3, -0.25) is 9.59 Å². The molecule has 1 saturated carbocycles. The molecule has 1 heterocycles. The maximum Gasteiger partial charge on any atom is 0.254 e. The molecule has 2 atom stereocenters. The summed E-state index contributed by atoms with van der Waals surface area (Å²) in [5, 5.41) is 9.95. The number of benzene rings is 1. The highest BCUT2D eigenvalue weighted by Crippen LogP contribution is 2.48. The van der Waals surface area contributed by atoms with Crippen molar-refractivity contribution in [3.63, 3.8) is 0 Å². The molecule has 3 rings (SSSR count). The van der Waals surface area contributed by atoms with Gasteiger partial charge in [0, 0.05) is 38.0 Å². The zero-order valence-corrected chi connectivity index (χ0v) is 14.9. The van der Waals surface area contributed by atoms with E-state index in [1.54, 1.807) is 0 Å². The van der Waals surface area contributed by atoms with E-state index in [0.717, 1.165) is 44.8 Å². The Labute approximate surface area is 153 Å². The number of amides is 2. The summed E-state index contributed by atoms with van der Waals surface area (Å²) in [6.45, 7) is 2.06. The van der Waals surface area contributed by atoms with Crippen molar-refractivity contribution in [3.05, 3.63) is 47.7 Å². The van der Waals surface area contributed by atoms with Gasteiger partial charge in [0.15, 0.2) is 0 Å². The summed E-state index contributed by atoms with van der Waals surface area (Å²) in [6, 6.07) is 10.3. The van der Waals surface area contributed by atoms with Crippen molar-refractivity contribution in [3.8, 4) is 0 Å². The van der Waals surface area contributed by atoms with Crippen LogP contribution in [0.25, 0.3) is 0 Å². The van der Waals surface area contributed by atoms with Gasteiger partial charge in [-0.2, -0.15) is 0 Å². The van der Waals surface area contributed by atoms with Crippen LogP contribution in [0.3, 0.4) is 0 Å². The zero-order chi connectivity index (χ0) is 18.5. The van der Waals surface area contributed by atoms with Crippen LogP contribution in [0.15, 0.2) is 42.1 Å². The molecule has 0 spiro atoms. The second kappa shape index (κ2) is 8.17. The van der Waals surface area contributed by atoms with Gasteiger partial charge in [0.25, 0.3) is 5.91 Å². The molecule has 0 bridgehead atoms. The maximum atomic E-state index is 12.7. The van der Waals surface area contributed by atoms with Gasteiger partial charge in [-0.15, -0.1) is 0 Å². The Hall–Kier alpha value is -2.63. The van der Waals surface area contributed by atoms with Crippen molar-refractivity contribution >= 4 is 18.0 Å². The first kappa shape index (κ1) is 18.2. The first-order chi connectivity index (χ1) is 12.6. The number of hydrogen-bond acceptors (Lipinski definition) is 4. The number of likely N-dealkylation sites (tertiary alicyclic amines) is 1. The number of piperidine rings is 1. The predicted octanol–water partition coefficient (Wildman–Crippen LogP) is 1.64. The van der Waals surface area contributed by atoms with E-state index in [-0.39, 0.29) is 23.3 Å². The van der Waals surface area contributed by atoms with E-state index >= 15 is 0 Å². The average molecular weight is 354 g/mol. The molecule has 2 fully saturated rings. The third kappa shape index (κ3) is 4.12. The van der Waals surface area contributed by atoms with Gasteiger partial charge in [0.1, 0.15) is 0 Å². The zero-order valence-electron chi connectivity index (χ0n) is 14.9. The van der Waals surface area contributed by atoms with Crippen molar-refractivity contribution in [2.75, 3.05) is 19.6 Å². The number of hydrogen-bond donors (Lipinski definition) is 3. The lowest BCUT2D eigenvalue weighted by Crippen LogP contribution is -2.42. The molecule has 26 heavy (non-hydrogen) atoms. The molecule has 1 aliphatic carbocycles. The molecule has 1 aromatic rings. The van der Waals surface area contributed by atoms with Gasteiger partial charge in [-0.25, -0.2) is 0 Å². The Morgan fingerprint density at radius 2 is 1.92 bits per heavy atom. The van der Waals surface area contributed by atoms with E-state index in [2.05, 4.69) is 17.4 Å². The average Bonchev–Trinajstić information content (AvgIpc) is 3.49. The van der Waals surface area contributed by atoms with E-state index < -0.39 is 0 Å². The predicted molar refractivity (Wildman–Crippen MR) is 101 cm³/mol. The molecule has 2 unspecified atom stereocenters. The summed E-state index contributed by atoms with van der Waals surface area (Å²) < 4.78 is 0. The fourth-order valence-corrected chi connectivity index (χ4v) is 3.66. The van der Waals surface area contributed by atoms with Crippen LogP contribution in [0.4, 0.5) is 0 Å². The van der Waals surface area contributed by atoms with Gasteiger partial charge in [-0.1, -0.05) is 30.3 Å². The standard InChI is InChI=1S/C20H26N4O2/c21-11-16(12-22)19(25)23-13-14-6-8-24(9-7-14)20(26)18-10-17(18)15-4-2-1-3-5-15/h1-5,11-12,14,17-18,21H,6-10,13,22H2,(H,23,25)/b16-12+,21-11?. The summed E-state index contributed by atoms with van der Waals surface area (Å²) >= 11 is 0. The first-order valence-electron chi connectivity index (χ1n) is 9.18. The van der Waals surface area contributed by atoms with Crippen LogP contribution in [0.1, 0.15) is 30.7 Å². The van der Waals surface area contributed by atoms with Crippen molar-refractivity contribution in [1.82, 2.24) is 10.2 Å². The fourth-order valence-electron chi connectivity index (χ4n) is 3.66. The fraction of sp³-hybridized carbons (Fsp3) is 0.450. The van der Waals surface area contributed by atoms with Crippen molar-refractivity contribution in [2.24, 2.45) is 17.6 Å². The van der Waals surface area contributed by atoms with E-state index in [9.17, 15) is 9.59 Å². The monoisotopic (exact) mass is 354 g/mol. The molecule has 0 aromatic heterocycles. The van der Waals surface area contributed by atoms with Crippen LogP contribution in [-0.2, 0) is 9.59 Å². The molecule has 1 saturated heterocycles. The second-order valence-electron chi connectivity index (χ2n) is 7.10. The minimum Gasteiger partial charge on any atom is -0.404 e.